The van der Waals surface area contributed by atoms with Gasteiger partial charge in [-0.1, -0.05) is 6.07 Å². The molecule has 0 saturated carbocycles. The van der Waals surface area contributed by atoms with Crippen LogP contribution in [0.25, 0.3) is 0 Å². The highest BCUT2D eigenvalue weighted by molar-refractivity contribution is 6.37. The maximum absolute atomic E-state index is 11.9. The molecule has 2 aliphatic carbocycles. The van der Waals surface area contributed by atoms with Crippen molar-refractivity contribution in [3.8, 4) is 0 Å². The van der Waals surface area contributed by atoms with Crippen LogP contribution in [0.3, 0.4) is 0 Å². The van der Waals surface area contributed by atoms with E-state index in [0.29, 0.717) is 0 Å². The first kappa shape index (κ1) is 14.1. The summed E-state index contributed by atoms with van der Waals surface area (Å²) in [6.07, 6.45) is 8.82. The summed E-state index contributed by atoms with van der Waals surface area (Å²) < 4.78 is 4.52. The van der Waals surface area contributed by atoms with Gasteiger partial charge in [0.25, 0.3) is 0 Å². The molecule has 0 fully saturated rings. The SMILES string of the molecule is COC(=O)C(=O)Nc1c2c(cc3c1CCCC3)CCCC2. The van der Waals surface area contributed by atoms with Crippen molar-refractivity contribution in [1.29, 1.82) is 0 Å². The summed E-state index contributed by atoms with van der Waals surface area (Å²) in [5.41, 5.74) is 6.07. The van der Waals surface area contributed by atoms with Crippen LogP contribution in [0.15, 0.2) is 6.07 Å². The predicted molar refractivity (Wildman–Crippen MR) is 80.4 cm³/mol. The lowest BCUT2D eigenvalue weighted by molar-refractivity contribution is -0.150. The summed E-state index contributed by atoms with van der Waals surface area (Å²) in [5, 5.41) is 2.84. The van der Waals surface area contributed by atoms with Crippen LogP contribution < -0.4 is 5.32 Å². The third-order valence-corrected chi connectivity index (χ3v) is 4.58. The summed E-state index contributed by atoms with van der Waals surface area (Å²) in [4.78, 5) is 23.3. The van der Waals surface area contributed by atoms with E-state index in [1.165, 1.54) is 42.2 Å². The first-order chi connectivity index (χ1) is 10.2. The normalized spacial score (nSPS) is 16.6. The number of benzene rings is 1. The van der Waals surface area contributed by atoms with Crippen molar-refractivity contribution < 1.29 is 14.3 Å². The molecular formula is C17H21NO3. The van der Waals surface area contributed by atoms with Gasteiger partial charge in [0.1, 0.15) is 0 Å². The molecule has 0 aromatic heterocycles. The van der Waals surface area contributed by atoms with Gasteiger partial charge in [0.2, 0.25) is 0 Å². The van der Waals surface area contributed by atoms with Gasteiger partial charge in [0, 0.05) is 5.69 Å². The summed E-state index contributed by atoms with van der Waals surface area (Å²) in [6.45, 7) is 0. The lowest BCUT2D eigenvalue weighted by Crippen LogP contribution is -2.26. The van der Waals surface area contributed by atoms with Gasteiger partial charge in [-0.3, -0.25) is 4.79 Å². The summed E-state index contributed by atoms with van der Waals surface area (Å²) in [7, 11) is 1.23. The summed E-state index contributed by atoms with van der Waals surface area (Å²) in [5.74, 6) is -1.49. The highest BCUT2D eigenvalue weighted by Crippen LogP contribution is 2.37. The first-order valence-electron chi connectivity index (χ1n) is 7.76. The average molecular weight is 287 g/mol. The fraction of sp³-hybridized carbons (Fsp3) is 0.529. The van der Waals surface area contributed by atoms with E-state index in [1.54, 1.807) is 0 Å². The molecule has 1 aromatic rings. The van der Waals surface area contributed by atoms with Gasteiger partial charge in [-0.25, -0.2) is 4.79 Å². The molecule has 0 heterocycles. The number of aryl methyl sites for hydroxylation is 2. The van der Waals surface area contributed by atoms with Gasteiger partial charge in [-0.15, -0.1) is 0 Å². The highest BCUT2D eigenvalue weighted by Gasteiger charge is 2.25. The Bertz CT molecular complexity index is 558. The number of anilines is 1. The van der Waals surface area contributed by atoms with E-state index in [-0.39, 0.29) is 0 Å². The minimum absolute atomic E-state index is 0.663. The fourth-order valence-electron chi connectivity index (χ4n) is 3.55. The summed E-state index contributed by atoms with van der Waals surface area (Å²) >= 11 is 0. The number of hydrogen-bond acceptors (Lipinski definition) is 3. The van der Waals surface area contributed by atoms with Crippen molar-refractivity contribution in [2.45, 2.75) is 51.4 Å². The second-order valence-electron chi connectivity index (χ2n) is 5.89. The molecule has 1 amide bonds. The number of amides is 1. The molecule has 4 nitrogen and oxygen atoms in total. The molecule has 112 valence electrons. The van der Waals surface area contributed by atoms with Crippen LogP contribution in [0.4, 0.5) is 5.69 Å². The number of carbonyl (C=O) groups excluding carboxylic acids is 2. The number of ether oxygens (including phenoxy) is 1. The topological polar surface area (TPSA) is 55.4 Å². The third-order valence-electron chi connectivity index (χ3n) is 4.58. The van der Waals surface area contributed by atoms with Gasteiger partial charge < -0.3 is 10.1 Å². The second-order valence-corrected chi connectivity index (χ2v) is 5.89. The number of hydrogen-bond donors (Lipinski definition) is 1. The molecule has 4 heteroatoms. The molecule has 3 rings (SSSR count). The zero-order valence-corrected chi connectivity index (χ0v) is 12.5. The number of rotatable bonds is 1. The Morgan fingerprint density at radius 2 is 1.48 bits per heavy atom. The molecule has 21 heavy (non-hydrogen) atoms. The van der Waals surface area contributed by atoms with Crippen molar-refractivity contribution in [1.82, 2.24) is 0 Å². The Labute approximate surface area is 124 Å². The molecule has 0 saturated heterocycles. The zero-order chi connectivity index (χ0) is 14.8. The van der Waals surface area contributed by atoms with Gasteiger partial charge in [0.05, 0.1) is 7.11 Å². The Balaban J connectivity index is 2.03. The predicted octanol–water partition coefficient (Wildman–Crippen LogP) is 2.56. The quantitative estimate of drug-likeness (QED) is 0.638. The van der Waals surface area contributed by atoms with Crippen LogP contribution in [-0.4, -0.2) is 19.0 Å². The lowest BCUT2D eigenvalue weighted by Gasteiger charge is -2.27. The molecule has 2 aliphatic rings. The van der Waals surface area contributed by atoms with Crippen molar-refractivity contribution >= 4 is 17.6 Å². The van der Waals surface area contributed by atoms with Crippen LogP contribution in [0, 0.1) is 0 Å². The first-order valence-corrected chi connectivity index (χ1v) is 7.76. The van der Waals surface area contributed by atoms with Crippen molar-refractivity contribution in [2.24, 2.45) is 0 Å². The molecule has 0 spiro atoms. The number of esters is 1. The van der Waals surface area contributed by atoms with E-state index in [2.05, 4.69) is 16.1 Å². The lowest BCUT2D eigenvalue weighted by atomic mass is 9.81. The summed E-state index contributed by atoms with van der Waals surface area (Å²) in [6, 6.07) is 2.33. The van der Waals surface area contributed by atoms with E-state index >= 15 is 0 Å². The smallest absolute Gasteiger partial charge is 0.396 e. The van der Waals surface area contributed by atoms with Crippen LogP contribution in [-0.2, 0) is 40.0 Å². The Morgan fingerprint density at radius 1 is 0.952 bits per heavy atom. The molecule has 1 aromatic carbocycles. The Morgan fingerprint density at radius 3 is 2.00 bits per heavy atom. The van der Waals surface area contributed by atoms with Crippen LogP contribution in [0.5, 0.6) is 0 Å². The number of fused-ring (bicyclic) bond motifs is 2. The Kier molecular flexibility index (Phi) is 3.95. The number of methoxy groups -OCH3 is 1. The largest absolute Gasteiger partial charge is 0.462 e. The van der Waals surface area contributed by atoms with E-state index in [1.807, 2.05) is 0 Å². The number of nitrogens with one attached hydrogen (secondary N) is 1. The van der Waals surface area contributed by atoms with Crippen molar-refractivity contribution in [3.05, 3.63) is 28.3 Å². The molecule has 0 unspecified atom stereocenters. The van der Waals surface area contributed by atoms with Crippen molar-refractivity contribution in [2.75, 3.05) is 12.4 Å². The molecular weight excluding hydrogens is 266 g/mol. The maximum atomic E-state index is 11.9. The van der Waals surface area contributed by atoms with Gasteiger partial charge in [-0.05, 0) is 73.6 Å². The molecule has 0 aliphatic heterocycles. The van der Waals surface area contributed by atoms with Crippen LogP contribution >= 0.6 is 0 Å². The van der Waals surface area contributed by atoms with Crippen molar-refractivity contribution in [3.63, 3.8) is 0 Å². The zero-order valence-electron chi connectivity index (χ0n) is 12.5. The van der Waals surface area contributed by atoms with E-state index < -0.39 is 11.9 Å². The van der Waals surface area contributed by atoms with Crippen LogP contribution in [0.1, 0.15) is 47.9 Å². The van der Waals surface area contributed by atoms with Gasteiger partial charge >= 0.3 is 11.9 Å². The third kappa shape index (κ3) is 2.67. The molecule has 0 bridgehead atoms. The average Bonchev–Trinajstić information content (AvgIpc) is 2.53. The van der Waals surface area contributed by atoms with E-state index in [0.717, 1.165) is 44.2 Å². The Hall–Kier alpha value is -1.84. The minimum Gasteiger partial charge on any atom is -0.462 e. The second kappa shape index (κ2) is 5.88. The van der Waals surface area contributed by atoms with E-state index in [9.17, 15) is 9.59 Å². The fourth-order valence-corrected chi connectivity index (χ4v) is 3.55. The van der Waals surface area contributed by atoms with Crippen LogP contribution in [0.2, 0.25) is 0 Å². The molecule has 0 radical (unpaired) electrons. The van der Waals surface area contributed by atoms with Gasteiger partial charge in [0.15, 0.2) is 0 Å². The molecule has 1 N–H and O–H groups in total. The standard InChI is InChI=1S/C17H21NO3/c1-21-17(20)16(19)18-15-13-8-4-2-6-11(13)10-12-7-3-5-9-14(12)15/h10H,2-9H2,1H3,(H,18,19). The minimum atomic E-state index is -0.826. The maximum Gasteiger partial charge on any atom is 0.396 e. The highest BCUT2D eigenvalue weighted by atomic mass is 16.5. The van der Waals surface area contributed by atoms with E-state index in [4.69, 9.17) is 0 Å². The number of carbonyl (C=O) groups is 2. The monoisotopic (exact) mass is 287 g/mol. The molecule has 0 atom stereocenters. The van der Waals surface area contributed by atoms with Gasteiger partial charge in [-0.2, -0.15) is 0 Å².